The number of sulfonamides is 1. The summed E-state index contributed by atoms with van der Waals surface area (Å²) >= 11 is 0. The Morgan fingerprint density at radius 1 is 1.05 bits per heavy atom. The van der Waals surface area contributed by atoms with E-state index in [2.05, 4.69) is 19.8 Å². The number of nitrogens with zero attached hydrogens (tertiary/aromatic N) is 5. The molecule has 0 atom stereocenters. The molecule has 5 aromatic rings. The quantitative estimate of drug-likeness (QED) is 0.314. The number of hydrogen-bond donors (Lipinski definition) is 2. The SMILES string of the molecule is COc1ncc(-c2ccc3nc(N)n(-c4ccccc4C(F)(F)F)c(=O)c3c2)cc1S(=O)(=O)Nc1ccnn1C. The molecule has 0 bridgehead atoms. The van der Waals surface area contributed by atoms with Crippen molar-refractivity contribution >= 4 is 32.7 Å². The van der Waals surface area contributed by atoms with E-state index in [0.717, 1.165) is 12.1 Å². The van der Waals surface area contributed by atoms with Crippen molar-refractivity contribution in [3.8, 4) is 22.7 Å². The van der Waals surface area contributed by atoms with E-state index in [-0.39, 0.29) is 33.1 Å². The summed E-state index contributed by atoms with van der Waals surface area (Å²) in [7, 11) is -1.38. The fourth-order valence-corrected chi connectivity index (χ4v) is 5.36. The summed E-state index contributed by atoms with van der Waals surface area (Å²) < 4.78 is 77.0. The molecule has 0 aliphatic rings. The van der Waals surface area contributed by atoms with Gasteiger partial charge in [0.25, 0.3) is 15.6 Å². The van der Waals surface area contributed by atoms with E-state index in [1.165, 1.54) is 60.6 Å². The van der Waals surface area contributed by atoms with E-state index in [1.54, 1.807) is 13.1 Å². The highest BCUT2D eigenvalue weighted by Gasteiger charge is 2.34. The van der Waals surface area contributed by atoms with Crippen LogP contribution >= 0.6 is 0 Å². The highest BCUT2D eigenvalue weighted by Crippen LogP contribution is 2.34. The Bertz CT molecular complexity index is 1940. The Balaban J connectivity index is 1.66. The minimum Gasteiger partial charge on any atom is -0.480 e. The number of alkyl halides is 3. The first-order valence-corrected chi connectivity index (χ1v) is 12.9. The van der Waals surface area contributed by atoms with Crippen molar-refractivity contribution in [1.82, 2.24) is 24.3 Å². The van der Waals surface area contributed by atoms with Gasteiger partial charge in [-0.1, -0.05) is 18.2 Å². The monoisotopic (exact) mass is 571 g/mol. The number of nitrogens with one attached hydrogen (secondary N) is 1. The van der Waals surface area contributed by atoms with Crippen molar-refractivity contribution in [1.29, 1.82) is 0 Å². The van der Waals surface area contributed by atoms with Gasteiger partial charge < -0.3 is 10.5 Å². The number of anilines is 2. The summed E-state index contributed by atoms with van der Waals surface area (Å²) in [5.74, 6) is -0.413. The van der Waals surface area contributed by atoms with Gasteiger partial charge in [0.05, 0.1) is 35.5 Å². The van der Waals surface area contributed by atoms with Gasteiger partial charge in [0, 0.05) is 24.9 Å². The van der Waals surface area contributed by atoms with Crippen LogP contribution in [0.15, 0.2) is 76.7 Å². The van der Waals surface area contributed by atoms with Crippen molar-refractivity contribution in [2.75, 3.05) is 17.6 Å². The zero-order valence-corrected chi connectivity index (χ0v) is 21.7. The lowest BCUT2D eigenvalue weighted by Crippen LogP contribution is -2.25. The Morgan fingerprint density at radius 3 is 2.48 bits per heavy atom. The molecule has 0 unspecified atom stereocenters. The third-order valence-electron chi connectivity index (χ3n) is 6.04. The minimum atomic E-state index is -4.75. The standard InChI is InChI=1S/C25H20F3N7O4S/c1-34-21(9-10-31-34)33-40(37,38)20-12-15(13-30-22(20)39-2)14-7-8-18-16(11-14)23(36)35(24(29)32-18)19-6-4-3-5-17(19)25(26,27)28/h3-13,33H,1-2H3,(H2,29,32). The van der Waals surface area contributed by atoms with Gasteiger partial charge in [-0.05, 0) is 35.9 Å². The maximum absolute atomic E-state index is 13.7. The number of para-hydroxylation sites is 1. The topological polar surface area (TPSA) is 147 Å². The van der Waals surface area contributed by atoms with Crippen molar-refractivity contribution in [2.24, 2.45) is 7.05 Å². The molecule has 0 amide bonds. The average Bonchev–Trinajstić information content (AvgIpc) is 3.31. The van der Waals surface area contributed by atoms with Gasteiger partial charge in [-0.3, -0.25) is 14.2 Å². The number of hydrogen-bond acceptors (Lipinski definition) is 8. The normalized spacial score (nSPS) is 12.0. The summed E-state index contributed by atoms with van der Waals surface area (Å²) in [4.78, 5) is 21.4. The second kappa shape index (κ2) is 9.68. The molecule has 206 valence electrons. The molecule has 15 heteroatoms. The van der Waals surface area contributed by atoms with Crippen molar-refractivity contribution in [3.63, 3.8) is 0 Å². The molecule has 2 aromatic carbocycles. The largest absolute Gasteiger partial charge is 0.480 e. The number of nitrogens with two attached hydrogens (primary N) is 1. The lowest BCUT2D eigenvalue weighted by molar-refractivity contribution is -0.137. The van der Waals surface area contributed by atoms with Crippen LogP contribution in [0.1, 0.15) is 5.56 Å². The number of fused-ring (bicyclic) bond motifs is 1. The molecule has 0 spiro atoms. The Kier molecular flexibility index (Phi) is 6.45. The molecule has 0 aliphatic heterocycles. The van der Waals surface area contributed by atoms with Gasteiger partial charge in [-0.2, -0.15) is 18.3 Å². The molecule has 3 N–H and O–H groups in total. The Hall–Kier alpha value is -4.92. The number of methoxy groups -OCH3 is 1. The molecule has 3 aromatic heterocycles. The molecule has 40 heavy (non-hydrogen) atoms. The number of pyridine rings is 1. The first-order valence-electron chi connectivity index (χ1n) is 11.4. The van der Waals surface area contributed by atoms with E-state index >= 15 is 0 Å². The van der Waals surface area contributed by atoms with Crippen LogP contribution in [0.4, 0.5) is 24.9 Å². The molecule has 11 nitrogen and oxygen atoms in total. The number of nitrogen functional groups attached to an aromatic ring is 1. The van der Waals surface area contributed by atoms with Crippen LogP contribution in [0.5, 0.6) is 5.88 Å². The molecule has 5 rings (SSSR count). The Morgan fingerprint density at radius 2 is 1.80 bits per heavy atom. The number of ether oxygens (including phenoxy) is 1. The van der Waals surface area contributed by atoms with Gasteiger partial charge in [-0.15, -0.1) is 0 Å². The minimum absolute atomic E-state index is 0.0445. The third kappa shape index (κ3) is 4.70. The molecule has 0 fully saturated rings. The molecule has 0 saturated heterocycles. The second-order valence-electron chi connectivity index (χ2n) is 8.53. The van der Waals surface area contributed by atoms with E-state index < -0.39 is 39.0 Å². The summed E-state index contributed by atoms with van der Waals surface area (Å²) in [5.41, 5.74) is 4.32. The number of aryl methyl sites for hydroxylation is 1. The second-order valence-corrected chi connectivity index (χ2v) is 10.2. The van der Waals surface area contributed by atoms with Crippen LogP contribution in [0.25, 0.3) is 27.7 Å². The number of aromatic nitrogens is 5. The maximum atomic E-state index is 13.7. The van der Waals surface area contributed by atoms with Crippen molar-refractivity contribution in [2.45, 2.75) is 11.1 Å². The highest BCUT2D eigenvalue weighted by atomic mass is 32.2. The van der Waals surface area contributed by atoms with Gasteiger partial charge in [-0.25, -0.2) is 23.0 Å². The summed E-state index contributed by atoms with van der Waals surface area (Å²) in [6.45, 7) is 0. The first kappa shape index (κ1) is 26.7. The number of rotatable bonds is 6. The first-order chi connectivity index (χ1) is 18.9. The van der Waals surface area contributed by atoms with Crippen LogP contribution < -0.4 is 20.8 Å². The van der Waals surface area contributed by atoms with Gasteiger partial charge in [0.2, 0.25) is 11.8 Å². The predicted molar refractivity (Wildman–Crippen MR) is 141 cm³/mol. The zero-order valence-electron chi connectivity index (χ0n) is 20.8. The van der Waals surface area contributed by atoms with E-state index in [1.807, 2.05) is 0 Å². The van der Waals surface area contributed by atoms with Crippen LogP contribution in [0.2, 0.25) is 0 Å². The molecule has 0 aliphatic carbocycles. The zero-order chi connectivity index (χ0) is 28.8. The average molecular weight is 572 g/mol. The number of benzene rings is 2. The van der Waals surface area contributed by atoms with E-state index in [0.29, 0.717) is 10.1 Å². The van der Waals surface area contributed by atoms with E-state index in [4.69, 9.17) is 10.5 Å². The predicted octanol–water partition coefficient (Wildman–Crippen LogP) is 3.59. The lowest BCUT2D eigenvalue weighted by atomic mass is 10.1. The van der Waals surface area contributed by atoms with Gasteiger partial charge in [0.1, 0.15) is 10.7 Å². The van der Waals surface area contributed by atoms with Crippen LogP contribution in [-0.2, 0) is 23.2 Å². The van der Waals surface area contributed by atoms with Gasteiger partial charge in [0.15, 0.2) is 0 Å². The molecular formula is C25H20F3N7O4S. The summed E-state index contributed by atoms with van der Waals surface area (Å²) in [5, 5.41) is 3.88. The Labute approximate surface area is 224 Å². The smallest absolute Gasteiger partial charge is 0.418 e. The fourth-order valence-electron chi connectivity index (χ4n) is 4.13. The third-order valence-corrected chi connectivity index (χ3v) is 7.39. The highest BCUT2D eigenvalue weighted by molar-refractivity contribution is 7.92. The van der Waals surface area contributed by atoms with Crippen LogP contribution in [0.3, 0.4) is 0 Å². The van der Waals surface area contributed by atoms with Crippen LogP contribution in [-0.4, -0.2) is 39.8 Å². The lowest BCUT2D eigenvalue weighted by Gasteiger charge is -2.16. The van der Waals surface area contributed by atoms with Crippen LogP contribution in [0, 0.1) is 0 Å². The molecule has 0 radical (unpaired) electrons. The summed E-state index contributed by atoms with van der Waals surface area (Å²) in [6.07, 6.45) is -2.00. The molecule has 0 saturated carbocycles. The maximum Gasteiger partial charge on any atom is 0.418 e. The fraction of sp³-hybridized carbons (Fsp3) is 0.120. The molecule has 3 heterocycles. The van der Waals surface area contributed by atoms with Crippen molar-refractivity contribution in [3.05, 3.63) is 82.9 Å². The van der Waals surface area contributed by atoms with Gasteiger partial charge >= 0.3 is 6.18 Å². The summed E-state index contributed by atoms with van der Waals surface area (Å²) in [6, 6.07) is 11.7. The van der Waals surface area contributed by atoms with Crippen molar-refractivity contribution < 1.29 is 26.3 Å². The molecular weight excluding hydrogens is 551 g/mol. The number of halogens is 3. The van der Waals surface area contributed by atoms with E-state index in [9.17, 15) is 26.4 Å².